The van der Waals surface area contributed by atoms with Crippen molar-refractivity contribution >= 4 is 17.7 Å². The third-order valence-electron chi connectivity index (χ3n) is 2.57. The number of amides is 1. The minimum atomic E-state index is -0.346. The fourth-order valence-corrected chi connectivity index (χ4v) is 2.64. The zero-order valence-corrected chi connectivity index (χ0v) is 11.8. The predicted molar refractivity (Wildman–Crippen MR) is 72.5 cm³/mol. The van der Waals surface area contributed by atoms with E-state index in [1.165, 1.54) is 11.8 Å². The second-order valence-corrected chi connectivity index (χ2v) is 5.30. The number of hydrogen-bond donors (Lipinski definition) is 0. The zero-order valence-electron chi connectivity index (χ0n) is 11.0. The molecule has 1 atom stereocenters. The third-order valence-corrected chi connectivity index (χ3v) is 3.84. The van der Waals surface area contributed by atoms with Gasteiger partial charge in [-0.3, -0.25) is 4.79 Å². The highest BCUT2D eigenvalue weighted by Crippen LogP contribution is 2.34. The molecular weight excluding hydrogens is 262 g/mol. The normalized spacial score (nSPS) is 12.2. The van der Waals surface area contributed by atoms with E-state index in [-0.39, 0.29) is 11.2 Å². The van der Waals surface area contributed by atoms with Crippen molar-refractivity contribution in [2.24, 2.45) is 7.05 Å². The molecular formula is C12H15N5OS. The van der Waals surface area contributed by atoms with Crippen LogP contribution in [0, 0.1) is 0 Å². The molecule has 1 aromatic carbocycles. The van der Waals surface area contributed by atoms with Crippen LogP contribution >= 0.6 is 11.8 Å². The van der Waals surface area contributed by atoms with E-state index in [0.717, 1.165) is 5.56 Å². The molecule has 0 aliphatic carbocycles. The summed E-state index contributed by atoms with van der Waals surface area (Å²) in [5.74, 6) is 0.0131. The van der Waals surface area contributed by atoms with Crippen LogP contribution in [0.5, 0.6) is 0 Å². The highest BCUT2D eigenvalue weighted by Gasteiger charge is 2.25. The van der Waals surface area contributed by atoms with Gasteiger partial charge < -0.3 is 4.90 Å². The fraction of sp³-hybridized carbons (Fsp3) is 0.333. The Hall–Kier alpha value is -1.89. The average Bonchev–Trinajstić information content (AvgIpc) is 2.81. The lowest BCUT2D eigenvalue weighted by atomic mass is 10.1. The minimum absolute atomic E-state index is 0.0131. The molecule has 0 bridgehead atoms. The second-order valence-electron chi connectivity index (χ2n) is 4.23. The summed E-state index contributed by atoms with van der Waals surface area (Å²) in [5, 5.41) is 11.6. The van der Waals surface area contributed by atoms with Crippen molar-refractivity contribution in [1.29, 1.82) is 0 Å². The molecule has 0 fully saturated rings. The predicted octanol–water partition coefficient (Wildman–Crippen LogP) is 1.13. The second kappa shape index (κ2) is 5.83. The molecule has 100 valence electrons. The highest BCUT2D eigenvalue weighted by atomic mass is 32.2. The number of tetrazole rings is 1. The van der Waals surface area contributed by atoms with Gasteiger partial charge in [0.25, 0.3) is 0 Å². The minimum Gasteiger partial charge on any atom is -0.348 e. The van der Waals surface area contributed by atoms with Gasteiger partial charge in [0.2, 0.25) is 11.1 Å². The van der Waals surface area contributed by atoms with Gasteiger partial charge in [-0.25, -0.2) is 4.68 Å². The maximum atomic E-state index is 12.3. The van der Waals surface area contributed by atoms with Gasteiger partial charge >= 0.3 is 0 Å². The summed E-state index contributed by atoms with van der Waals surface area (Å²) < 4.78 is 1.56. The van der Waals surface area contributed by atoms with Crippen molar-refractivity contribution in [2.45, 2.75) is 10.4 Å². The van der Waals surface area contributed by atoms with E-state index in [4.69, 9.17) is 0 Å². The molecule has 7 heteroatoms. The summed E-state index contributed by atoms with van der Waals surface area (Å²) in [6.07, 6.45) is 0. The number of rotatable bonds is 4. The molecule has 0 N–H and O–H groups in total. The Labute approximate surface area is 115 Å². The van der Waals surface area contributed by atoms with Crippen LogP contribution in [-0.2, 0) is 11.8 Å². The third kappa shape index (κ3) is 3.11. The highest BCUT2D eigenvalue weighted by molar-refractivity contribution is 8.00. The van der Waals surface area contributed by atoms with Crippen LogP contribution in [0.15, 0.2) is 35.5 Å². The summed E-state index contributed by atoms with van der Waals surface area (Å²) in [4.78, 5) is 13.9. The summed E-state index contributed by atoms with van der Waals surface area (Å²) in [5.41, 5.74) is 0.939. The van der Waals surface area contributed by atoms with Crippen LogP contribution in [0.25, 0.3) is 0 Å². The lowest BCUT2D eigenvalue weighted by molar-refractivity contribution is -0.128. The molecule has 0 radical (unpaired) electrons. The number of carbonyl (C=O) groups excluding carboxylic acids is 1. The molecule has 0 spiro atoms. The van der Waals surface area contributed by atoms with Crippen molar-refractivity contribution in [3.8, 4) is 0 Å². The van der Waals surface area contributed by atoms with Gasteiger partial charge in [0.1, 0.15) is 5.25 Å². The van der Waals surface area contributed by atoms with Crippen LogP contribution in [0.4, 0.5) is 0 Å². The fourth-order valence-electron chi connectivity index (χ4n) is 1.55. The summed E-state index contributed by atoms with van der Waals surface area (Å²) in [6.45, 7) is 0. The Bertz CT molecular complexity index is 554. The Balaban J connectivity index is 2.30. The van der Waals surface area contributed by atoms with Crippen LogP contribution in [0.3, 0.4) is 0 Å². The van der Waals surface area contributed by atoms with E-state index >= 15 is 0 Å². The molecule has 1 heterocycles. The van der Waals surface area contributed by atoms with Gasteiger partial charge in [-0.05, 0) is 16.0 Å². The molecule has 1 aromatic heterocycles. The van der Waals surface area contributed by atoms with Gasteiger partial charge in [-0.1, -0.05) is 42.1 Å². The Morgan fingerprint density at radius 2 is 2.00 bits per heavy atom. The van der Waals surface area contributed by atoms with Gasteiger partial charge in [0.05, 0.1) is 0 Å². The molecule has 0 aliphatic heterocycles. The summed E-state index contributed by atoms with van der Waals surface area (Å²) in [6, 6.07) is 9.63. The zero-order chi connectivity index (χ0) is 13.8. The topological polar surface area (TPSA) is 63.9 Å². The van der Waals surface area contributed by atoms with E-state index in [1.54, 1.807) is 30.7 Å². The van der Waals surface area contributed by atoms with Gasteiger partial charge in [-0.15, -0.1) is 5.10 Å². The standard InChI is InChI=1S/C12H15N5OS/c1-16(2)11(18)10(9-7-5-4-6-8-9)19-12-13-14-15-17(12)3/h4-8,10H,1-3H3. The molecule has 0 saturated heterocycles. The van der Waals surface area contributed by atoms with Crippen molar-refractivity contribution in [2.75, 3.05) is 14.1 Å². The average molecular weight is 277 g/mol. The Morgan fingerprint density at radius 3 is 2.53 bits per heavy atom. The summed E-state index contributed by atoms with van der Waals surface area (Å²) in [7, 11) is 5.24. The first-order valence-corrected chi connectivity index (χ1v) is 6.62. The van der Waals surface area contributed by atoms with Crippen molar-refractivity contribution in [1.82, 2.24) is 25.1 Å². The van der Waals surface area contributed by atoms with Gasteiger partial charge in [0.15, 0.2) is 0 Å². The number of thioether (sulfide) groups is 1. The van der Waals surface area contributed by atoms with E-state index in [0.29, 0.717) is 5.16 Å². The van der Waals surface area contributed by atoms with E-state index in [9.17, 15) is 4.79 Å². The SMILES string of the molecule is CN(C)C(=O)C(Sc1nnnn1C)c1ccccc1. The van der Waals surface area contributed by atoms with Crippen molar-refractivity contribution in [3.63, 3.8) is 0 Å². The monoisotopic (exact) mass is 277 g/mol. The van der Waals surface area contributed by atoms with E-state index in [2.05, 4.69) is 15.5 Å². The largest absolute Gasteiger partial charge is 0.348 e. The first-order valence-electron chi connectivity index (χ1n) is 5.74. The number of aryl methyl sites for hydroxylation is 1. The molecule has 1 unspecified atom stereocenters. The molecule has 1 amide bonds. The number of benzene rings is 1. The maximum absolute atomic E-state index is 12.3. The molecule has 2 rings (SSSR count). The van der Waals surface area contributed by atoms with E-state index in [1.807, 2.05) is 30.3 Å². The first kappa shape index (κ1) is 13.5. The molecule has 0 aliphatic rings. The molecule has 19 heavy (non-hydrogen) atoms. The number of likely N-dealkylation sites (N-methyl/N-ethyl adjacent to an activating group) is 1. The molecule has 6 nitrogen and oxygen atoms in total. The van der Waals surface area contributed by atoms with E-state index < -0.39 is 0 Å². The lowest BCUT2D eigenvalue weighted by Gasteiger charge is -2.19. The number of hydrogen-bond acceptors (Lipinski definition) is 5. The van der Waals surface area contributed by atoms with Crippen LogP contribution in [0.1, 0.15) is 10.8 Å². The Morgan fingerprint density at radius 1 is 1.32 bits per heavy atom. The number of carbonyl (C=O) groups is 1. The maximum Gasteiger partial charge on any atom is 0.240 e. The van der Waals surface area contributed by atoms with Crippen LogP contribution < -0.4 is 0 Å². The van der Waals surface area contributed by atoms with Crippen LogP contribution in [0.2, 0.25) is 0 Å². The van der Waals surface area contributed by atoms with Crippen molar-refractivity contribution in [3.05, 3.63) is 35.9 Å². The first-order chi connectivity index (χ1) is 9.09. The quantitative estimate of drug-likeness (QED) is 0.784. The summed E-state index contributed by atoms with van der Waals surface area (Å²) >= 11 is 1.35. The Kier molecular flexibility index (Phi) is 4.16. The molecule has 2 aromatic rings. The van der Waals surface area contributed by atoms with Crippen LogP contribution in [-0.4, -0.2) is 45.1 Å². The lowest BCUT2D eigenvalue weighted by Crippen LogP contribution is -2.26. The number of nitrogens with zero attached hydrogens (tertiary/aromatic N) is 5. The smallest absolute Gasteiger partial charge is 0.240 e. The number of aromatic nitrogens is 4. The van der Waals surface area contributed by atoms with Gasteiger partial charge in [0, 0.05) is 21.1 Å². The van der Waals surface area contributed by atoms with Crippen molar-refractivity contribution < 1.29 is 4.79 Å². The molecule has 0 saturated carbocycles. The van der Waals surface area contributed by atoms with Gasteiger partial charge in [-0.2, -0.15) is 0 Å².